The van der Waals surface area contributed by atoms with E-state index in [0.29, 0.717) is 24.2 Å². The third-order valence-electron chi connectivity index (χ3n) is 5.49. The van der Waals surface area contributed by atoms with Gasteiger partial charge in [0.2, 0.25) is 21.9 Å². The van der Waals surface area contributed by atoms with Crippen molar-refractivity contribution in [2.24, 2.45) is 5.14 Å². The van der Waals surface area contributed by atoms with Gasteiger partial charge in [-0.15, -0.1) is 0 Å². The van der Waals surface area contributed by atoms with Crippen molar-refractivity contribution in [3.63, 3.8) is 0 Å². The lowest BCUT2D eigenvalue weighted by Crippen LogP contribution is -2.38. The molecular formula is C22H23N5O3S. The number of nitrogens with zero attached hydrogens (tertiary/aromatic N) is 2. The molecule has 2 aromatic carbocycles. The second-order valence-electron chi connectivity index (χ2n) is 7.57. The predicted octanol–water partition coefficient (Wildman–Crippen LogP) is 3.32. The summed E-state index contributed by atoms with van der Waals surface area (Å²) in [6, 6.07) is 17.2. The fraction of sp³-hybridized carbons (Fsp3) is 0.227. The summed E-state index contributed by atoms with van der Waals surface area (Å²) in [4.78, 5) is 22.1. The first kappa shape index (κ1) is 21.0. The Hall–Kier alpha value is -3.30. The number of anilines is 3. The second-order valence-corrected chi connectivity index (χ2v) is 9.13. The summed E-state index contributed by atoms with van der Waals surface area (Å²) in [7, 11) is -3.82. The highest BCUT2D eigenvalue weighted by molar-refractivity contribution is 7.89. The molecule has 1 aromatic heterocycles. The number of benzene rings is 2. The molecule has 1 saturated carbocycles. The summed E-state index contributed by atoms with van der Waals surface area (Å²) in [6.45, 7) is 0. The van der Waals surface area contributed by atoms with Crippen LogP contribution in [-0.2, 0) is 20.2 Å². The third-order valence-corrected chi connectivity index (χ3v) is 6.40. The third kappa shape index (κ3) is 4.57. The van der Waals surface area contributed by atoms with Crippen LogP contribution in [0.15, 0.2) is 71.8 Å². The molecule has 0 saturated heterocycles. The molecule has 0 atom stereocenters. The molecule has 1 aliphatic rings. The van der Waals surface area contributed by atoms with E-state index in [9.17, 15) is 13.2 Å². The largest absolute Gasteiger partial charge is 0.325 e. The maximum absolute atomic E-state index is 13.3. The Kier molecular flexibility index (Phi) is 5.71. The smallest absolute Gasteiger partial charge is 0.238 e. The van der Waals surface area contributed by atoms with E-state index in [-0.39, 0.29) is 16.8 Å². The van der Waals surface area contributed by atoms with Gasteiger partial charge in [0.25, 0.3) is 0 Å². The molecule has 1 heterocycles. The summed E-state index contributed by atoms with van der Waals surface area (Å²) in [5.41, 5.74) is 1.12. The number of aromatic nitrogens is 2. The first-order chi connectivity index (χ1) is 14.9. The number of amides is 1. The van der Waals surface area contributed by atoms with E-state index in [0.717, 1.165) is 18.5 Å². The Bertz CT molecular complexity index is 1190. The molecule has 0 bridgehead atoms. The van der Waals surface area contributed by atoms with Crippen LogP contribution in [0, 0.1) is 0 Å². The van der Waals surface area contributed by atoms with Gasteiger partial charge in [-0.3, -0.25) is 4.79 Å². The van der Waals surface area contributed by atoms with Crippen LogP contribution in [0.1, 0.15) is 31.4 Å². The van der Waals surface area contributed by atoms with Gasteiger partial charge in [-0.05, 0) is 49.2 Å². The minimum Gasteiger partial charge on any atom is -0.325 e. The van der Waals surface area contributed by atoms with Crippen molar-refractivity contribution in [1.29, 1.82) is 0 Å². The fourth-order valence-corrected chi connectivity index (χ4v) is 4.48. The van der Waals surface area contributed by atoms with Crippen LogP contribution in [0.2, 0.25) is 0 Å². The van der Waals surface area contributed by atoms with E-state index >= 15 is 0 Å². The molecule has 160 valence electrons. The Labute approximate surface area is 181 Å². The highest BCUT2D eigenvalue weighted by Crippen LogP contribution is 2.41. The first-order valence-corrected chi connectivity index (χ1v) is 11.5. The minimum atomic E-state index is -3.82. The monoisotopic (exact) mass is 437 g/mol. The number of nitrogens with one attached hydrogen (secondary N) is 2. The van der Waals surface area contributed by atoms with Crippen molar-refractivity contribution >= 4 is 33.3 Å². The van der Waals surface area contributed by atoms with Crippen molar-refractivity contribution in [1.82, 2.24) is 9.97 Å². The Balaban J connectivity index is 1.62. The lowest BCUT2D eigenvalue weighted by Gasteiger charge is -2.27. The van der Waals surface area contributed by atoms with Crippen molar-refractivity contribution in [2.75, 3.05) is 10.6 Å². The number of carbonyl (C=O) groups is 1. The Morgan fingerprint density at radius 2 is 1.68 bits per heavy atom. The second kappa shape index (κ2) is 8.44. The maximum Gasteiger partial charge on any atom is 0.238 e. The molecule has 9 heteroatoms. The molecule has 0 aliphatic heterocycles. The highest BCUT2D eigenvalue weighted by atomic mass is 32.2. The minimum absolute atomic E-state index is 0.0110. The summed E-state index contributed by atoms with van der Waals surface area (Å²) >= 11 is 0. The van der Waals surface area contributed by atoms with E-state index in [1.807, 2.05) is 30.3 Å². The number of sulfonamides is 1. The molecule has 31 heavy (non-hydrogen) atoms. The summed E-state index contributed by atoms with van der Waals surface area (Å²) in [5.74, 6) is 0.194. The fourth-order valence-electron chi connectivity index (χ4n) is 3.92. The number of nitrogens with two attached hydrogens (primary N) is 1. The molecule has 1 aliphatic carbocycles. The molecule has 0 unspecified atom stereocenters. The number of hydrogen-bond acceptors (Lipinski definition) is 6. The van der Waals surface area contributed by atoms with Crippen LogP contribution in [0.3, 0.4) is 0 Å². The van der Waals surface area contributed by atoms with E-state index in [4.69, 9.17) is 5.14 Å². The Morgan fingerprint density at radius 1 is 0.968 bits per heavy atom. The van der Waals surface area contributed by atoms with Gasteiger partial charge < -0.3 is 10.6 Å². The molecule has 0 radical (unpaired) electrons. The van der Waals surface area contributed by atoms with Gasteiger partial charge in [-0.1, -0.05) is 37.1 Å². The predicted molar refractivity (Wildman–Crippen MR) is 118 cm³/mol. The van der Waals surface area contributed by atoms with Gasteiger partial charge in [0.1, 0.15) is 0 Å². The average Bonchev–Trinajstić information content (AvgIpc) is 3.26. The number of primary sulfonamides is 1. The topological polar surface area (TPSA) is 127 Å². The molecule has 4 N–H and O–H groups in total. The Morgan fingerprint density at radius 3 is 2.39 bits per heavy atom. The zero-order valence-corrected chi connectivity index (χ0v) is 17.6. The van der Waals surface area contributed by atoms with E-state index < -0.39 is 15.4 Å². The maximum atomic E-state index is 13.3. The van der Waals surface area contributed by atoms with Crippen LogP contribution in [0.4, 0.5) is 17.3 Å². The average molecular weight is 438 g/mol. The van der Waals surface area contributed by atoms with Crippen LogP contribution in [0.25, 0.3) is 0 Å². The summed E-state index contributed by atoms with van der Waals surface area (Å²) in [6.07, 6.45) is 4.87. The van der Waals surface area contributed by atoms with Gasteiger partial charge in [0.05, 0.1) is 16.0 Å². The highest BCUT2D eigenvalue weighted by Gasteiger charge is 2.44. The number of carbonyl (C=O) groups excluding carboxylic acids is 1. The summed E-state index contributed by atoms with van der Waals surface area (Å²) < 4.78 is 23.2. The van der Waals surface area contributed by atoms with Crippen molar-refractivity contribution in [3.05, 3.63) is 72.6 Å². The van der Waals surface area contributed by atoms with E-state index in [2.05, 4.69) is 20.6 Å². The van der Waals surface area contributed by atoms with Crippen molar-refractivity contribution < 1.29 is 13.2 Å². The molecule has 3 aromatic rings. The van der Waals surface area contributed by atoms with Gasteiger partial charge >= 0.3 is 0 Å². The van der Waals surface area contributed by atoms with Gasteiger partial charge in [-0.25, -0.2) is 23.5 Å². The van der Waals surface area contributed by atoms with Crippen molar-refractivity contribution in [2.45, 2.75) is 36.0 Å². The molecule has 4 rings (SSSR count). The molecule has 0 spiro atoms. The first-order valence-electron chi connectivity index (χ1n) is 9.97. The van der Waals surface area contributed by atoms with Crippen LogP contribution >= 0.6 is 0 Å². The SMILES string of the molecule is NS(=O)(=O)c1cccc(Nc2nccc(C3(C(=O)Nc4ccccc4)CCCC3)n2)c1. The zero-order valence-electron chi connectivity index (χ0n) is 16.8. The number of rotatable bonds is 6. The number of para-hydroxylation sites is 1. The number of hydrogen-bond donors (Lipinski definition) is 3. The van der Waals surface area contributed by atoms with E-state index in [1.165, 1.54) is 12.1 Å². The molecule has 1 amide bonds. The summed E-state index contributed by atoms with van der Waals surface area (Å²) in [5, 5.41) is 11.2. The van der Waals surface area contributed by atoms with Gasteiger partial charge in [0, 0.05) is 17.6 Å². The van der Waals surface area contributed by atoms with Crippen LogP contribution < -0.4 is 15.8 Å². The normalized spacial score (nSPS) is 15.4. The lowest BCUT2D eigenvalue weighted by molar-refractivity contribution is -0.121. The van der Waals surface area contributed by atoms with Crippen molar-refractivity contribution in [3.8, 4) is 0 Å². The van der Waals surface area contributed by atoms with Gasteiger partial charge in [-0.2, -0.15) is 0 Å². The molecular weight excluding hydrogens is 414 g/mol. The standard InChI is InChI=1S/C22H23N5O3S/c23-31(29,30)18-10-6-9-17(15-18)26-21-24-14-11-19(27-21)22(12-4-5-13-22)20(28)25-16-7-2-1-3-8-16/h1-3,6-11,14-15H,4-5,12-13H2,(H,25,28)(H2,23,29,30)(H,24,26,27). The lowest BCUT2D eigenvalue weighted by atomic mass is 9.81. The molecule has 1 fully saturated rings. The quantitative estimate of drug-likeness (QED) is 0.543. The van der Waals surface area contributed by atoms with Crippen LogP contribution in [0.5, 0.6) is 0 Å². The molecule has 8 nitrogen and oxygen atoms in total. The van der Waals surface area contributed by atoms with E-state index in [1.54, 1.807) is 24.4 Å². The van der Waals surface area contributed by atoms with Gasteiger partial charge in [0.15, 0.2) is 0 Å². The zero-order chi connectivity index (χ0) is 21.9. The van der Waals surface area contributed by atoms with Crippen LogP contribution in [-0.4, -0.2) is 24.3 Å².